The highest BCUT2D eigenvalue weighted by atomic mass is 16.5. The molecule has 3 rings (SSSR count). The molecule has 0 saturated heterocycles. The summed E-state index contributed by atoms with van der Waals surface area (Å²) < 4.78 is 5.77. The van der Waals surface area contributed by atoms with Crippen LogP contribution in [-0.4, -0.2) is 6.61 Å². The van der Waals surface area contributed by atoms with E-state index in [1.54, 1.807) is 0 Å². The van der Waals surface area contributed by atoms with E-state index in [1.807, 2.05) is 0 Å². The van der Waals surface area contributed by atoms with Gasteiger partial charge in [0.1, 0.15) is 5.75 Å². The first-order valence-corrected chi connectivity index (χ1v) is 6.07. The van der Waals surface area contributed by atoms with Crippen LogP contribution < -0.4 is 4.74 Å². The minimum absolute atomic E-state index is 0.817. The summed E-state index contributed by atoms with van der Waals surface area (Å²) in [7, 11) is 0. The van der Waals surface area contributed by atoms with Gasteiger partial charge in [0.25, 0.3) is 0 Å². The summed E-state index contributed by atoms with van der Waals surface area (Å²) in [5.41, 5.74) is 6.43. The van der Waals surface area contributed by atoms with Gasteiger partial charge in [0.05, 0.1) is 6.61 Å². The third kappa shape index (κ3) is 1.82. The largest absolute Gasteiger partial charge is 0.492 e. The monoisotopic (exact) mass is 224 g/mol. The van der Waals surface area contributed by atoms with Crippen molar-refractivity contribution in [2.24, 2.45) is 0 Å². The molecule has 2 aromatic rings. The van der Waals surface area contributed by atoms with Crippen molar-refractivity contribution in [3.05, 3.63) is 53.1 Å². The van der Waals surface area contributed by atoms with Gasteiger partial charge in [-0.3, -0.25) is 0 Å². The van der Waals surface area contributed by atoms with Crippen LogP contribution >= 0.6 is 0 Å². The summed E-state index contributed by atoms with van der Waals surface area (Å²) >= 11 is 0. The summed E-state index contributed by atoms with van der Waals surface area (Å²) in [5, 5.41) is 0. The third-order valence-electron chi connectivity index (χ3n) is 3.29. The molecular weight excluding hydrogens is 208 g/mol. The number of hydrogen-bond donors (Lipinski definition) is 0. The fourth-order valence-electron chi connectivity index (χ4n) is 2.41. The van der Waals surface area contributed by atoms with Crippen LogP contribution in [0.25, 0.3) is 11.1 Å². The SMILES string of the molecule is Cc1ccc(-c2cc(C)cc3c2OCC3)cc1. The molecule has 0 amide bonds. The van der Waals surface area contributed by atoms with E-state index < -0.39 is 0 Å². The quantitative estimate of drug-likeness (QED) is 0.713. The molecule has 0 spiro atoms. The van der Waals surface area contributed by atoms with Crippen molar-refractivity contribution in [3.8, 4) is 16.9 Å². The van der Waals surface area contributed by atoms with Crippen LogP contribution in [0.5, 0.6) is 5.75 Å². The lowest BCUT2D eigenvalue weighted by molar-refractivity contribution is 0.358. The molecular formula is C16H16O. The van der Waals surface area contributed by atoms with Gasteiger partial charge in [-0.25, -0.2) is 0 Å². The number of fused-ring (bicyclic) bond motifs is 1. The maximum atomic E-state index is 5.77. The van der Waals surface area contributed by atoms with Crippen molar-refractivity contribution >= 4 is 0 Å². The van der Waals surface area contributed by atoms with Crippen LogP contribution in [0.4, 0.5) is 0 Å². The summed E-state index contributed by atoms with van der Waals surface area (Å²) in [6, 6.07) is 13.1. The molecule has 0 N–H and O–H groups in total. The van der Waals surface area contributed by atoms with Gasteiger partial charge < -0.3 is 4.74 Å². The Balaban J connectivity index is 2.17. The van der Waals surface area contributed by atoms with Crippen LogP contribution in [0.2, 0.25) is 0 Å². The molecule has 17 heavy (non-hydrogen) atoms. The van der Waals surface area contributed by atoms with Gasteiger partial charge in [-0.2, -0.15) is 0 Å². The zero-order chi connectivity index (χ0) is 11.8. The smallest absolute Gasteiger partial charge is 0.130 e. The van der Waals surface area contributed by atoms with Gasteiger partial charge in [-0.15, -0.1) is 0 Å². The van der Waals surface area contributed by atoms with Gasteiger partial charge in [0.2, 0.25) is 0 Å². The lowest BCUT2D eigenvalue weighted by Crippen LogP contribution is -1.89. The lowest BCUT2D eigenvalue weighted by atomic mass is 9.98. The highest BCUT2D eigenvalue weighted by Gasteiger charge is 2.17. The fraction of sp³-hybridized carbons (Fsp3) is 0.250. The Bertz CT molecular complexity index is 552. The average molecular weight is 224 g/mol. The average Bonchev–Trinajstić information content (AvgIpc) is 2.77. The van der Waals surface area contributed by atoms with Crippen molar-refractivity contribution < 1.29 is 4.74 Å². The van der Waals surface area contributed by atoms with E-state index in [4.69, 9.17) is 4.74 Å². The molecule has 0 radical (unpaired) electrons. The van der Waals surface area contributed by atoms with Crippen LogP contribution in [0.1, 0.15) is 16.7 Å². The van der Waals surface area contributed by atoms with Gasteiger partial charge >= 0.3 is 0 Å². The Morgan fingerprint density at radius 2 is 1.71 bits per heavy atom. The molecule has 0 unspecified atom stereocenters. The topological polar surface area (TPSA) is 9.23 Å². The molecule has 1 heterocycles. The fourth-order valence-corrected chi connectivity index (χ4v) is 2.41. The first kappa shape index (κ1) is 10.4. The van der Waals surface area contributed by atoms with Crippen LogP contribution in [0.3, 0.4) is 0 Å². The Labute approximate surface area is 102 Å². The van der Waals surface area contributed by atoms with E-state index in [0.717, 1.165) is 18.8 Å². The number of aryl methyl sites for hydroxylation is 2. The summed E-state index contributed by atoms with van der Waals surface area (Å²) in [5.74, 6) is 1.08. The summed E-state index contributed by atoms with van der Waals surface area (Å²) in [6.07, 6.45) is 1.04. The molecule has 1 nitrogen and oxygen atoms in total. The molecule has 0 aromatic heterocycles. The van der Waals surface area contributed by atoms with E-state index in [2.05, 4.69) is 50.2 Å². The Hall–Kier alpha value is -1.76. The molecule has 1 aliphatic rings. The highest BCUT2D eigenvalue weighted by molar-refractivity contribution is 5.74. The second-order valence-electron chi connectivity index (χ2n) is 4.77. The van der Waals surface area contributed by atoms with E-state index in [0.29, 0.717) is 0 Å². The Morgan fingerprint density at radius 1 is 0.941 bits per heavy atom. The molecule has 1 heteroatoms. The zero-order valence-electron chi connectivity index (χ0n) is 10.3. The molecule has 0 aliphatic carbocycles. The van der Waals surface area contributed by atoms with Crippen LogP contribution in [0, 0.1) is 13.8 Å². The predicted molar refractivity (Wildman–Crippen MR) is 70.6 cm³/mol. The summed E-state index contributed by atoms with van der Waals surface area (Å²) in [4.78, 5) is 0. The van der Waals surface area contributed by atoms with E-state index in [1.165, 1.54) is 27.8 Å². The Morgan fingerprint density at radius 3 is 2.47 bits per heavy atom. The van der Waals surface area contributed by atoms with Gasteiger partial charge in [0, 0.05) is 12.0 Å². The molecule has 1 aliphatic heterocycles. The predicted octanol–water partition coefficient (Wildman–Crippen LogP) is 3.91. The Kier molecular flexibility index (Phi) is 2.40. The first-order valence-electron chi connectivity index (χ1n) is 6.07. The van der Waals surface area contributed by atoms with Gasteiger partial charge in [0.15, 0.2) is 0 Å². The number of ether oxygens (including phenoxy) is 1. The molecule has 0 atom stereocenters. The van der Waals surface area contributed by atoms with E-state index >= 15 is 0 Å². The van der Waals surface area contributed by atoms with Crippen molar-refractivity contribution in [1.29, 1.82) is 0 Å². The van der Waals surface area contributed by atoms with Gasteiger partial charge in [-0.05, 0) is 36.6 Å². The zero-order valence-corrected chi connectivity index (χ0v) is 10.3. The second kappa shape index (κ2) is 3.92. The maximum Gasteiger partial charge on any atom is 0.130 e. The first-order chi connectivity index (χ1) is 8.24. The maximum absolute atomic E-state index is 5.77. The van der Waals surface area contributed by atoms with Crippen molar-refractivity contribution in [2.45, 2.75) is 20.3 Å². The van der Waals surface area contributed by atoms with Crippen LogP contribution in [-0.2, 0) is 6.42 Å². The molecule has 0 saturated carbocycles. The third-order valence-corrected chi connectivity index (χ3v) is 3.29. The molecule has 0 fully saturated rings. The van der Waals surface area contributed by atoms with Crippen molar-refractivity contribution in [2.75, 3.05) is 6.61 Å². The standard InChI is InChI=1S/C16H16O/c1-11-3-5-13(6-4-11)15-10-12(2)9-14-7-8-17-16(14)15/h3-6,9-10H,7-8H2,1-2H3. The van der Waals surface area contributed by atoms with E-state index in [9.17, 15) is 0 Å². The minimum atomic E-state index is 0.817. The molecule has 86 valence electrons. The van der Waals surface area contributed by atoms with Crippen molar-refractivity contribution in [1.82, 2.24) is 0 Å². The molecule has 2 aromatic carbocycles. The molecule has 0 bridgehead atoms. The summed E-state index contributed by atoms with van der Waals surface area (Å²) in [6.45, 7) is 5.08. The normalized spacial score (nSPS) is 13.3. The second-order valence-corrected chi connectivity index (χ2v) is 4.77. The van der Waals surface area contributed by atoms with Crippen molar-refractivity contribution in [3.63, 3.8) is 0 Å². The van der Waals surface area contributed by atoms with E-state index in [-0.39, 0.29) is 0 Å². The number of rotatable bonds is 1. The number of benzene rings is 2. The minimum Gasteiger partial charge on any atom is -0.492 e. The van der Waals surface area contributed by atoms with Crippen LogP contribution in [0.15, 0.2) is 36.4 Å². The highest BCUT2D eigenvalue weighted by Crippen LogP contribution is 2.37. The number of hydrogen-bond acceptors (Lipinski definition) is 1. The van der Waals surface area contributed by atoms with Gasteiger partial charge in [-0.1, -0.05) is 35.9 Å². The lowest BCUT2D eigenvalue weighted by Gasteiger charge is -2.10.